The lowest BCUT2D eigenvalue weighted by molar-refractivity contribution is -0.146. The molecule has 0 bridgehead atoms. The van der Waals surface area contributed by atoms with Gasteiger partial charge in [0.15, 0.2) is 0 Å². The van der Waals surface area contributed by atoms with Crippen LogP contribution in [-0.4, -0.2) is 54.3 Å². The largest absolute Gasteiger partial charge is 0.493 e. The van der Waals surface area contributed by atoms with Gasteiger partial charge in [0.1, 0.15) is 5.75 Å². The number of aliphatic carboxylic acids is 1. The van der Waals surface area contributed by atoms with E-state index in [1.54, 1.807) is 4.90 Å². The van der Waals surface area contributed by atoms with Crippen molar-refractivity contribution in [1.29, 1.82) is 0 Å². The zero-order valence-electron chi connectivity index (χ0n) is 13.6. The van der Waals surface area contributed by atoms with Gasteiger partial charge < -0.3 is 19.5 Å². The summed E-state index contributed by atoms with van der Waals surface area (Å²) >= 11 is 0. The lowest BCUT2D eigenvalue weighted by Crippen LogP contribution is -2.49. The van der Waals surface area contributed by atoms with Crippen molar-refractivity contribution in [3.8, 4) is 5.75 Å². The van der Waals surface area contributed by atoms with E-state index in [2.05, 4.69) is 0 Å². The number of aryl methyl sites for hydroxylation is 2. The molecule has 1 amide bonds. The molecule has 1 aliphatic heterocycles. The van der Waals surface area contributed by atoms with E-state index in [1.807, 2.05) is 32.0 Å². The van der Waals surface area contributed by atoms with Gasteiger partial charge in [-0.25, -0.2) is 0 Å². The SMILES string of the molecule is Cc1ccc(C)c(OCCC(=O)N2CCOCC2CC(=O)O)c1. The normalized spacial score (nSPS) is 17.8. The Bertz CT molecular complexity index is 572. The lowest BCUT2D eigenvalue weighted by atomic mass is 10.1. The molecule has 1 heterocycles. The number of morpholine rings is 1. The predicted octanol–water partition coefficient (Wildman–Crippen LogP) is 1.77. The van der Waals surface area contributed by atoms with Gasteiger partial charge in [-0.15, -0.1) is 0 Å². The molecule has 1 aromatic carbocycles. The molecule has 0 radical (unpaired) electrons. The average Bonchev–Trinajstić information content (AvgIpc) is 2.50. The first-order valence-electron chi connectivity index (χ1n) is 7.76. The summed E-state index contributed by atoms with van der Waals surface area (Å²) in [5.74, 6) is -0.239. The number of carboxylic acids is 1. The van der Waals surface area contributed by atoms with Crippen LogP contribution >= 0.6 is 0 Å². The van der Waals surface area contributed by atoms with Gasteiger partial charge in [-0.1, -0.05) is 12.1 Å². The first-order valence-corrected chi connectivity index (χ1v) is 7.76. The highest BCUT2D eigenvalue weighted by Gasteiger charge is 2.28. The Kier molecular flexibility index (Phi) is 5.98. The van der Waals surface area contributed by atoms with Crippen molar-refractivity contribution >= 4 is 11.9 Å². The van der Waals surface area contributed by atoms with Gasteiger partial charge in [0, 0.05) is 6.54 Å². The Morgan fingerprint density at radius 1 is 1.39 bits per heavy atom. The molecule has 1 aromatic rings. The van der Waals surface area contributed by atoms with Crippen LogP contribution in [0.15, 0.2) is 18.2 Å². The molecule has 6 nitrogen and oxygen atoms in total. The number of carboxylic acid groups (broad SMARTS) is 1. The first-order chi connectivity index (χ1) is 11.0. The zero-order chi connectivity index (χ0) is 16.8. The van der Waals surface area contributed by atoms with Gasteiger partial charge in [-0.3, -0.25) is 9.59 Å². The maximum atomic E-state index is 12.3. The minimum absolute atomic E-state index is 0.0927. The second kappa shape index (κ2) is 7.97. The van der Waals surface area contributed by atoms with E-state index in [0.717, 1.165) is 16.9 Å². The highest BCUT2D eigenvalue weighted by Crippen LogP contribution is 2.19. The molecule has 126 valence electrons. The van der Waals surface area contributed by atoms with Crippen molar-refractivity contribution in [1.82, 2.24) is 4.90 Å². The van der Waals surface area contributed by atoms with E-state index in [1.165, 1.54) is 0 Å². The summed E-state index contributed by atoms with van der Waals surface area (Å²) < 4.78 is 11.0. The number of benzene rings is 1. The van der Waals surface area contributed by atoms with E-state index in [9.17, 15) is 9.59 Å². The van der Waals surface area contributed by atoms with Crippen molar-refractivity contribution in [3.05, 3.63) is 29.3 Å². The van der Waals surface area contributed by atoms with E-state index in [-0.39, 0.29) is 32.0 Å². The van der Waals surface area contributed by atoms with Crippen LogP contribution in [0.5, 0.6) is 5.75 Å². The lowest BCUT2D eigenvalue weighted by Gasteiger charge is -2.34. The van der Waals surface area contributed by atoms with Gasteiger partial charge in [0.05, 0.1) is 38.7 Å². The Morgan fingerprint density at radius 2 is 2.17 bits per heavy atom. The average molecular weight is 321 g/mol. The maximum Gasteiger partial charge on any atom is 0.305 e. The second-order valence-electron chi connectivity index (χ2n) is 5.78. The van der Waals surface area contributed by atoms with Crippen LogP contribution in [0.1, 0.15) is 24.0 Å². The maximum absolute atomic E-state index is 12.3. The molecule has 23 heavy (non-hydrogen) atoms. The number of hydrogen-bond donors (Lipinski definition) is 1. The van der Waals surface area contributed by atoms with Crippen LogP contribution in [0.2, 0.25) is 0 Å². The van der Waals surface area contributed by atoms with E-state index in [4.69, 9.17) is 14.6 Å². The number of carbonyl (C=O) groups excluding carboxylic acids is 1. The fourth-order valence-electron chi connectivity index (χ4n) is 2.61. The third-order valence-corrected chi connectivity index (χ3v) is 3.88. The number of hydrogen-bond acceptors (Lipinski definition) is 4. The van der Waals surface area contributed by atoms with Crippen LogP contribution < -0.4 is 4.74 Å². The van der Waals surface area contributed by atoms with Crippen LogP contribution in [-0.2, 0) is 14.3 Å². The van der Waals surface area contributed by atoms with Crippen LogP contribution in [0.25, 0.3) is 0 Å². The Morgan fingerprint density at radius 3 is 2.91 bits per heavy atom. The van der Waals surface area contributed by atoms with Crippen LogP contribution in [0, 0.1) is 13.8 Å². The predicted molar refractivity (Wildman–Crippen MR) is 84.6 cm³/mol. The topological polar surface area (TPSA) is 76.1 Å². The molecule has 0 aliphatic carbocycles. The summed E-state index contributed by atoms with van der Waals surface area (Å²) in [6, 6.07) is 5.55. The van der Waals surface area contributed by atoms with Crippen molar-refractivity contribution in [2.45, 2.75) is 32.7 Å². The van der Waals surface area contributed by atoms with E-state index >= 15 is 0 Å². The Labute approximate surface area is 136 Å². The molecule has 2 rings (SSSR count). The minimum Gasteiger partial charge on any atom is -0.493 e. The molecule has 1 aliphatic rings. The molecule has 6 heteroatoms. The molecule has 1 N–H and O–H groups in total. The highest BCUT2D eigenvalue weighted by molar-refractivity contribution is 5.78. The van der Waals surface area contributed by atoms with Crippen LogP contribution in [0.4, 0.5) is 0 Å². The van der Waals surface area contributed by atoms with E-state index in [0.29, 0.717) is 13.2 Å². The van der Waals surface area contributed by atoms with Gasteiger partial charge in [0.2, 0.25) is 5.91 Å². The van der Waals surface area contributed by atoms with Gasteiger partial charge in [-0.05, 0) is 31.0 Å². The van der Waals surface area contributed by atoms with E-state index < -0.39 is 12.0 Å². The molecule has 0 spiro atoms. The number of rotatable bonds is 6. The number of ether oxygens (including phenoxy) is 2. The molecule has 1 unspecified atom stereocenters. The highest BCUT2D eigenvalue weighted by atomic mass is 16.5. The number of nitrogens with zero attached hydrogens (tertiary/aromatic N) is 1. The Hall–Kier alpha value is -2.08. The minimum atomic E-state index is -0.926. The van der Waals surface area contributed by atoms with Gasteiger partial charge in [-0.2, -0.15) is 0 Å². The van der Waals surface area contributed by atoms with Crippen molar-refractivity contribution < 1.29 is 24.2 Å². The fraction of sp³-hybridized carbons (Fsp3) is 0.529. The molecule has 1 fully saturated rings. The Balaban J connectivity index is 1.87. The van der Waals surface area contributed by atoms with Gasteiger partial charge >= 0.3 is 5.97 Å². The van der Waals surface area contributed by atoms with Gasteiger partial charge in [0.25, 0.3) is 0 Å². The molecule has 0 aromatic heterocycles. The summed E-state index contributed by atoms with van der Waals surface area (Å²) in [4.78, 5) is 24.8. The summed E-state index contributed by atoms with van der Waals surface area (Å²) in [5.41, 5.74) is 2.13. The standard InChI is InChI=1S/C17H23NO5/c1-12-3-4-13(2)15(9-12)23-7-5-16(19)18-6-8-22-11-14(18)10-17(20)21/h3-4,9,14H,5-8,10-11H2,1-2H3,(H,20,21). The smallest absolute Gasteiger partial charge is 0.305 e. The fourth-order valence-corrected chi connectivity index (χ4v) is 2.61. The molecule has 0 saturated carbocycles. The zero-order valence-corrected chi connectivity index (χ0v) is 13.6. The first kappa shape index (κ1) is 17.3. The quantitative estimate of drug-likeness (QED) is 0.864. The molecular formula is C17H23NO5. The second-order valence-corrected chi connectivity index (χ2v) is 5.78. The molecular weight excluding hydrogens is 298 g/mol. The van der Waals surface area contributed by atoms with Crippen molar-refractivity contribution in [2.24, 2.45) is 0 Å². The van der Waals surface area contributed by atoms with Crippen molar-refractivity contribution in [3.63, 3.8) is 0 Å². The summed E-state index contributed by atoms with van der Waals surface area (Å²) in [6.45, 7) is 5.37. The summed E-state index contributed by atoms with van der Waals surface area (Å²) in [7, 11) is 0. The monoisotopic (exact) mass is 321 g/mol. The third-order valence-electron chi connectivity index (χ3n) is 3.88. The van der Waals surface area contributed by atoms with Crippen LogP contribution in [0.3, 0.4) is 0 Å². The molecule has 1 atom stereocenters. The number of amides is 1. The molecule has 1 saturated heterocycles. The summed E-state index contributed by atoms with van der Waals surface area (Å²) in [5, 5.41) is 8.93. The third kappa shape index (κ3) is 4.96. The van der Waals surface area contributed by atoms with Crippen molar-refractivity contribution in [2.75, 3.05) is 26.4 Å². The number of carbonyl (C=O) groups is 2. The summed E-state index contributed by atoms with van der Waals surface area (Å²) in [6.07, 6.45) is 0.132.